The molecule has 13 heavy (non-hydrogen) atoms. The van der Waals surface area contributed by atoms with E-state index in [4.69, 9.17) is 5.73 Å². The van der Waals surface area contributed by atoms with Gasteiger partial charge in [0.25, 0.3) is 0 Å². The molecule has 1 fully saturated rings. The first-order chi connectivity index (χ1) is 6.27. The number of urea groups is 1. The summed E-state index contributed by atoms with van der Waals surface area (Å²) in [5, 5.41) is 2.96. The van der Waals surface area contributed by atoms with E-state index >= 15 is 0 Å². The molecule has 0 aromatic carbocycles. The smallest absolute Gasteiger partial charge is 0.317 e. The highest BCUT2D eigenvalue weighted by Gasteiger charge is 2.24. The topological polar surface area (TPSA) is 58.4 Å². The van der Waals surface area contributed by atoms with Gasteiger partial charge >= 0.3 is 6.03 Å². The second-order valence-corrected chi connectivity index (χ2v) is 3.45. The van der Waals surface area contributed by atoms with Gasteiger partial charge in [-0.3, -0.25) is 0 Å². The molecule has 3 N–H and O–H groups in total. The molecule has 0 atom stereocenters. The largest absolute Gasteiger partial charge is 0.335 e. The summed E-state index contributed by atoms with van der Waals surface area (Å²) in [6.45, 7) is 4.17. The molecule has 0 radical (unpaired) electrons. The molecule has 0 aliphatic heterocycles. The van der Waals surface area contributed by atoms with Crippen LogP contribution in [-0.4, -0.2) is 36.6 Å². The first-order valence-corrected chi connectivity index (χ1v) is 5.03. The average Bonchev–Trinajstić information content (AvgIpc) is 2.90. The fourth-order valence-electron chi connectivity index (χ4n) is 1.18. The second kappa shape index (κ2) is 5.07. The van der Waals surface area contributed by atoms with Crippen molar-refractivity contribution in [3.63, 3.8) is 0 Å². The van der Waals surface area contributed by atoms with Gasteiger partial charge in [0.15, 0.2) is 0 Å². The van der Waals surface area contributed by atoms with Crippen molar-refractivity contribution in [2.45, 2.75) is 32.2 Å². The molecule has 2 amide bonds. The molecule has 1 aliphatic carbocycles. The summed E-state index contributed by atoms with van der Waals surface area (Å²) < 4.78 is 0. The van der Waals surface area contributed by atoms with Crippen molar-refractivity contribution < 1.29 is 4.79 Å². The number of carbonyl (C=O) groups is 1. The van der Waals surface area contributed by atoms with E-state index in [0.29, 0.717) is 12.6 Å². The highest BCUT2D eigenvalue weighted by molar-refractivity contribution is 5.74. The molecule has 4 heteroatoms. The van der Waals surface area contributed by atoms with Gasteiger partial charge in [0.05, 0.1) is 0 Å². The maximum absolute atomic E-state index is 11.5. The first kappa shape index (κ1) is 10.3. The first-order valence-electron chi connectivity index (χ1n) is 5.03. The molecule has 1 saturated carbocycles. The second-order valence-electron chi connectivity index (χ2n) is 3.45. The molecular weight excluding hydrogens is 166 g/mol. The summed E-state index contributed by atoms with van der Waals surface area (Å²) in [4.78, 5) is 13.3. The number of hydrogen-bond donors (Lipinski definition) is 2. The molecule has 76 valence electrons. The Morgan fingerprint density at radius 3 is 2.77 bits per heavy atom. The third-order valence-electron chi connectivity index (χ3n) is 2.21. The highest BCUT2D eigenvalue weighted by atomic mass is 16.2. The Balaban J connectivity index is 2.21. The van der Waals surface area contributed by atoms with Crippen molar-refractivity contribution in [3.8, 4) is 0 Å². The Morgan fingerprint density at radius 1 is 1.62 bits per heavy atom. The van der Waals surface area contributed by atoms with E-state index in [0.717, 1.165) is 32.4 Å². The van der Waals surface area contributed by atoms with E-state index in [-0.39, 0.29) is 6.03 Å². The summed E-state index contributed by atoms with van der Waals surface area (Å²) in [7, 11) is 0. The Labute approximate surface area is 79.5 Å². The minimum atomic E-state index is 0.0680. The zero-order chi connectivity index (χ0) is 9.68. The van der Waals surface area contributed by atoms with E-state index in [2.05, 4.69) is 5.32 Å². The minimum Gasteiger partial charge on any atom is -0.335 e. The van der Waals surface area contributed by atoms with Crippen LogP contribution in [0.25, 0.3) is 0 Å². The van der Waals surface area contributed by atoms with E-state index in [1.165, 1.54) is 0 Å². The summed E-state index contributed by atoms with van der Waals surface area (Å²) in [6, 6.07) is 0.512. The monoisotopic (exact) mass is 185 g/mol. The molecule has 1 rings (SSSR count). The Morgan fingerprint density at radius 2 is 2.31 bits per heavy atom. The van der Waals surface area contributed by atoms with Crippen LogP contribution in [0, 0.1) is 0 Å². The van der Waals surface area contributed by atoms with Crippen molar-refractivity contribution in [3.05, 3.63) is 0 Å². The van der Waals surface area contributed by atoms with Crippen LogP contribution in [0.1, 0.15) is 26.2 Å². The third-order valence-corrected chi connectivity index (χ3v) is 2.21. The third kappa shape index (κ3) is 3.63. The number of hydrogen-bond acceptors (Lipinski definition) is 2. The van der Waals surface area contributed by atoms with Crippen LogP contribution >= 0.6 is 0 Å². The molecule has 0 saturated heterocycles. The number of carbonyl (C=O) groups excluding carboxylic acids is 1. The number of amides is 2. The van der Waals surface area contributed by atoms with Gasteiger partial charge in [-0.05, 0) is 32.7 Å². The lowest BCUT2D eigenvalue weighted by atomic mass is 10.4. The normalized spacial score (nSPS) is 15.5. The van der Waals surface area contributed by atoms with E-state index < -0.39 is 0 Å². The van der Waals surface area contributed by atoms with Gasteiger partial charge in [0, 0.05) is 19.1 Å². The van der Waals surface area contributed by atoms with Crippen LogP contribution in [0.5, 0.6) is 0 Å². The molecular formula is C9H19N3O. The van der Waals surface area contributed by atoms with Crippen molar-refractivity contribution in [1.29, 1.82) is 0 Å². The van der Waals surface area contributed by atoms with Gasteiger partial charge < -0.3 is 16.0 Å². The molecule has 0 aromatic heterocycles. The zero-order valence-corrected chi connectivity index (χ0v) is 8.25. The molecule has 0 unspecified atom stereocenters. The maximum atomic E-state index is 11.5. The van der Waals surface area contributed by atoms with E-state index in [1.807, 2.05) is 11.8 Å². The minimum absolute atomic E-state index is 0.0680. The standard InChI is InChI=1S/C9H19N3O/c1-2-12(7-3-6-10)9(13)11-8-4-5-8/h8H,2-7,10H2,1H3,(H,11,13). The van der Waals surface area contributed by atoms with Gasteiger partial charge in [-0.2, -0.15) is 0 Å². The van der Waals surface area contributed by atoms with Gasteiger partial charge in [0.2, 0.25) is 0 Å². The molecule has 0 aromatic rings. The Bertz CT molecular complexity index is 168. The average molecular weight is 185 g/mol. The predicted octanol–water partition coefficient (Wildman–Crippen LogP) is 0.529. The molecule has 1 aliphatic rings. The molecule has 0 heterocycles. The van der Waals surface area contributed by atoms with Crippen LogP contribution in [0.15, 0.2) is 0 Å². The van der Waals surface area contributed by atoms with Crippen molar-refractivity contribution in [2.24, 2.45) is 5.73 Å². The van der Waals surface area contributed by atoms with E-state index in [1.54, 1.807) is 0 Å². The number of nitrogens with two attached hydrogens (primary N) is 1. The van der Waals surface area contributed by atoms with Crippen molar-refractivity contribution >= 4 is 6.03 Å². The summed E-state index contributed by atoms with van der Waals surface area (Å²) in [5.41, 5.74) is 5.39. The summed E-state index contributed by atoms with van der Waals surface area (Å²) in [6.07, 6.45) is 3.16. The Hall–Kier alpha value is -0.770. The van der Waals surface area contributed by atoms with Gasteiger partial charge in [-0.1, -0.05) is 0 Å². The van der Waals surface area contributed by atoms with Gasteiger partial charge in [0.1, 0.15) is 0 Å². The van der Waals surface area contributed by atoms with Crippen LogP contribution in [0.4, 0.5) is 4.79 Å². The number of nitrogens with zero attached hydrogens (tertiary/aromatic N) is 1. The molecule has 0 spiro atoms. The SMILES string of the molecule is CCN(CCCN)C(=O)NC1CC1. The summed E-state index contributed by atoms with van der Waals surface area (Å²) in [5.74, 6) is 0. The quantitative estimate of drug-likeness (QED) is 0.656. The lowest BCUT2D eigenvalue weighted by Gasteiger charge is -2.20. The predicted molar refractivity (Wildman–Crippen MR) is 52.5 cm³/mol. The van der Waals surface area contributed by atoms with E-state index in [9.17, 15) is 4.79 Å². The van der Waals surface area contributed by atoms with Crippen LogP contribution < -0.4 is 11.1 Å². The van der Waals surface area contributed by atoms with Crippen molar-refractivity contribution in [1.82, 2.24) is 10.2 Å². The lowest BCUT2D eigenvalue weighted by Crippen LogP contribution is -2.41. The highest BCUT2D eigenvalue weighted by Crippen LogP contribution is 2.18. The Kier molecular flexibility index (Phi) is 4.02. The number of nitrogens with one attached hydrogen (secondary N) is 1. The number of rotatable bonds is 5. The fraction of sp³-hybridized carbons (Fsp3) is 0.889. The maximum Gasteiger partial charge on any atom is 0.317 e. The lowest BCUT2D eigenvalue weighted by molar-refractivity contribution is 0.200. The fourth-order valence-corrected chi connectivity index (χ4v) is 1.18. The molecule has 0 bridgehead atoms. The van der Waals surface area contributed by atoms with Crippen molar-refractivity contribution in [2.75, 3.05) is 19.6 Å². The summed E-state index contributed by atoms with van der Waals surface area (Å²) >= 11 is 0. The molecule has 4 nitrogen and oxygen atoms in total. The van der Waals surface area contributed by atoms with Crippen LogP contribution in [0.3, 0.4) is 0 Å². The zero-order valence-electron chi connectivity index (χ0n) is 8.25. The van der Waals surface area contributed by atoms with Crippen LogP contribution in [-0.2, 0) is 0 Å². The van der Waals surface area contributed by atoms with Gasteiger partial charge in [-0.15, -0.1) is 0 Å². The van der Waals surface area contributed by atoms with Gasteiger partial charge in [-0.25, -0.2) is 4.79 Å². The van der Waals surface area contributed by atoms with Crippen LogP contribution in [0.2, 0.25) is 0 Å².